The molecule has 0 aromatic heterocycles. The van der Waals surface area contributed by atoms with Crippen LogP contribution >= 0.6 is 0 Å². The number of anilines is 1. The van der Waals surface area contributed by atoms with E-state index in [1.165, 1.54) is 16.7 Å². The van der Waals surface area contributed by atoms with Crippen LogP contribution in [0.4, 0.5) is 5.69 Å². The van der Waals surface area contributed by atoms with Crippen molar-refractivity contribution in [1.82, 2.24) is 0 Å². The molecule has 0 heterocycles. The van der Waals surface area contributed by atoms with E-state index in [2.05, 4.69) is 37.4 Å². The molecule has 0 saturated heterocycles. The molecule has 0 unspecified atom stereocenters. The second-order valence-corrected chi connectivity index (χ2v) is 5.45. The molecule has 0 atom stereocenters. The summed E-state index contributed by atoms with van der Waals surface area (Å²) in [5, 5.41) is 2.97. The van der Waals surface area contributed by atoms with Crippen LogP contribution in [0.3, 0.4) is 0 Å². The Kier molecular flexibility index (Phi) is 4.23. The van der Waals surface area contributed by atoms with Gasteiger partial charge in [-0.2, -0.15) is 0 Å². The van der Waals surface area contributed by atoms with Gasteiger partial charge in [0.2, 0.25) is 5.91 Å². The number of amides is 1. The third-order valence-electron chi connectivity index (χ3n) is 3.65. The second kappa shape index (κ2) is 5.91. The molecule has 20 heavy (non-hydrogen) atoms. The van der Waals surface area contributed by atoms with Crippen molar-refractivity contribution in [1.29, 1.82) is 0 Å². The highest BCUT2D eigenvalue weighted by atomic mass is 16.1. The van der Waals surface area contributed by atoms with Gasteiger partial charge in [-0.1, -0.05) is 29.8 Å². The smallest absolute Gasteiger partial charge is 0.228 e. The topological polar surface area (TPSA) is 29.1 Å². The molecule has 0 fully saturated rings. The summed E-state index contributed by atoms with van der Waals surface area (Å²) in [6, 6.07) is 12.2. The molecule has 0 aliphatic heterocycles. The van der Waals surface area contributed by atoms with Crippen molar-refractivity contribution in [2.24, 2.45) is 0 Å². The third-order valence-corrected chi connectivity index (χ3v) is 3.65. The first-order valence-corrected chi connectivity index (χ1v) is 6.89. The number of rotatable bonds is 3. The molecule has 0 bridgehead atoms. The third kappa shape index (κ3) is 3.47. The van der Waals surface area contributed by atoms with Gasteiger partial charge in [0.25, 0.3) is 0 Å². The minimum Gasteiger partial charge on any atom is -0.326 e. The molecule has 0 radical (unpaired) electrons. The molecule has 1 N–H and O–H groups in total. The lowest BCUT2D eigenvalue weighted by molar-refractivity contribution is -0.115. The van der Waals surface area contributed by atoms with E-state index < -0.39 is 0 Å². The maximum absolute atomic E-state index is 12.1. The summed E-state index contributed by atoms with van der Waals surface area (Å²) in [6.45, 7) is 8.20. The summed E-state index contributed by atoms with van der Waals surface area (Å²) in [7, 11) is 0. The highest BCUT2D eigenvalue weighted by Crippen LogP contribution is 2.16. The minimum absolute atomic E-state index is 0.0296. The first-order chi connectivity index (χ1) is 9.45. The van der Waals surface area contributed by atoms with Crippen LogP contribution in [-0.2, 0) is 11.2 Å². The maximum Gasteiger partial charge on any atom is 0.228 e. The summed E-state index contributed by atoms with van der Waals surface area (Å²) >= 11 is 0. The Morgan fingerprint density at radius 2 is 1.60 bits per heavy atom. The normalized spacial score (nSPS) is 10.4. The Bertz CT molecular complexity index is 644. The molecule has 2 aromatic carbocycles. The molecule has 0 spiro atoms. The zero-order valence-electron chi connectivity index (χ0n) is 12.6. The van der Waals surface area contributed by atoms with Gasteiger partial charge < -0.3 is 5.32 Å². The van der Waals surface area contributed by atoms with Crippen molar-refractivity contribution in [2.75, 3.05) is 5.32 Å². The Balaban J connectivity index is 2.09. The molecular formula is C18H21NO. The predicted octanol–water partition coefficient (Wildman–Crippen LogP) is 4.10. The Labute approximate surface area is 120 Å². The van der Waals surface area contributed by atoms with Crippen molar-refractivity contribution in [3.63, 3.8) is 0 Å². The average molecular weight is 267 g/mol. The van der Waals surface area contributed by atoms with Crippen LogP contribution in [0.2, 0.25) is 0 Å². The monoisotopic (exact) mass is 267 g/mol. The molecule has 2 rings (SSSR count). The van der Waals surface area contributed by atoms with Gasteiger partial charge in [0.15, 0.2) is 0 Å². The fraction of sp³-hybridized carbons (Fsp3) is 0.278. The highest BCUT2D eigenvalue weighted by Gasteiger charge is 2.07. The number of hydrogen-bond acceptors (Lipinski definition) is 1. The summed E-state index contributed by atoms with van der Waals surface area (Å²) < 4.78 is 0. The van der Waals surface area contributed by atoms with Gasteiger partial charge in [-0.05, 0) is 62.1 Å². The Hall–Kier alpha value is -2.09. The SMILES string of the molecule is Cc1ccc(C)c(CC(=O)Nc2ccc(C)c(C)c2)c1. The van der Waals surface area contributed by atoms with Gasteiger partial charge in [-0.25, -0.2) is 0 Å². The van der Waals surface area contributed by atoms with E-state index in [0.717, 1.165) is 16.8 Å². The van der Waals surface area contributed by atoms with Crippen molar-refractivity contribution in [3.8, 4) is 0 Å². The molecule has 2 aromatic rings. The molecule has 2 heteroatoms. The van der Waals surface area contributed by atoms with E-state index in [0.29, 0.717) is 6.42 Å². The fourth-order valence-corrected chi connectivity index (χ4v) is 2.19. The van der Waals surface area contributed by atoms with E-state index in [9.17, 15) is 4.79 Å². The molecule has 0 aliphatic rings. The van der Waals surface area contributed by atoms with Crippen LogP contribution in [0.5, 0.6) is 0 Å². The van der Waals surface area contributed by atoms with Gasteiger partial charge >= 0.3 is 0 Å². The van der Waals surface area contributed by atoms with E-state index in [-0.39, 0.29) is 5.91 Å². The van der Waals surface area contributed by atoms with Gasteiger partial charge in [-0.15, -0.1) is 0 Å². The number of nitrogens with one attached hydrogen (secondary N) is 1. The van der Waals surface area contributed by atoms with Crippen LogP contribution in [0, 0.1) is 27.7 Å². The lowest BCUT2D eigenvalue weighted by Gasteiger charge is -2.10. The zero-order chi connectivity index (χ0) is 14.7. The number of benzene rings is 2. The van der Waals surface area contributed by atoms with Gasteiger partial charge in [-0.3, -0.25) is 4.79 Å². The molecule has 2 nitrogen and oxygen atoms in total. The van der Waals surface area contributed by atoms with E-state index in [1.54, 1.807) is 0 Å². The minimum atomic E-state index is 0.0296. The number of carbonyl (C=O) groups is 1. The average Bonchev–Trinajstić information content (AvgIpc) is 2.38. The van der Waals surface area contributed by atoms with Crippen molar-refractivity contribution >= 4 is 11.6 Å². The maximum atomic E-state index is 12.1. The van der Waals surface area contributed by atoms with E-state index >= 15 is 0 Å². The van der Waals surface area contributed by atoms with E-state index in [4.69, 9.17) is 0 Å². The second-order valence-electron chi connectivity index (χ2n) is 5.45. The lowest BCUT2D eigenvalue weighted by Crippen LogP contribution is -2.15. The standard InChI is InChI=1S/C18H21NO/c1-12-5-6-14(3)16(9-12)11-18(20)19-17-8-7-13(2)15(4)10-17/h5-10H,11H2,1-4H3,(H,19,20). The van der Waals surface area contributed by atoms with Crippen LogP contribution in [0.15, 0.2) is 36.4 Å². The molecule has 0 aliphatic carbocycles. The van der Waals surface area contributed by atoms with Crippen LogP contribution < -0.4 is 5.32 Å². The number of hydrogen-bond donors (Lipinski definition) is 1. The zero-order valence-corrected chi connectivity index (χ0v) is 12.6. The number of aryl methyl sites for hydroxylation is 4. The van der Waals surface area contributed by atoms with Crippen molar-refractivity contribution < 1.29 is 4.79 Å². The van der Waals surface area contributed by atoms with Gasteiger partial charge in [0.05, 0.1) is 6.42 Å². The molecular weight excluding hydrogens is 246 g/mol. The Morgan fingerprint density at radius 1 is 0.900 bits per heavy atom. The Morgan fingerprint density at radius 3 is 2.30 bits per heavy atom. The van der Waals surface area contributed by atoms with E-state index in [1.807, 2.05) is 32.0 Å². The lowest BCUT2D eigenvalue weighted by atomic mass is 10.0. The number of carbonyl (C=O) groups excluding carboxylic acids is 1. The predicted molar refractivity (Wildman–Crippen MR) is 84.2 cm³/mol. The first-order valence-electron chi connectivity index (χ1n) is 6.89. The van der Waals surface area contributed by atoms with Crippen LogP contribution in [-0.4, -0.2) is 5.91 Å². The van der Waals surface area contributed by atoms with Crippen LogP contribution in [0.1, 0.15) is 27.8 Å². The molecule has 1 amide bonds. The largest absolute Gasteiger partial charge is 0.326 e. The van der Waals surface area contributed by atoms with Crippen molar-refractivity contribution in [3.05, 3.63) is 64.2 Å². The summed E-state index contributed by atoms with van der Waals surface area (Å²) in [5.41, 5.74) is 6.72. The summed E-state index contributed by atoms with van der Waals surface area (Å²) in [5.74, 6) is 0.0296. The van der Waals surface area contributed by atoms with Gasteiger partial charge in [0, 0.05) is 5.69 Å². The molecule has 0 saturated carbocycles. The quantitative estimate of drug-likeness (QED) is 0.891. The summed E-state index contributed by atoms with van der Waals surface area (Å²) in [4.78, 5) is 12.1. The van der Waals surface area contributed by atoms with Crippen molar-refractivity contribution in [2.45, 2.75) is 34.1 Å². The fourth-order valence-electron chi connectivity index (χ4n) is 2.19. The van der Waals surface area contributed by atoms with Gasteiger partial charge in [0.1, 0.15) is 0 Å². The molecule has 104 valence electrons. The summed E-state index contributed by atoms with van der Waals surface area (Å²) in [6.07, 6.45) is 0.417. The van der Waals surface area contributed by atoms with Crippen LogP contribution in [0.25, 0.3) is 0 Å². The first kappa shape index (κ1) is 14.3. The highest BCUT2D eigenvalue weighted by molar-refractivity contribution is 5.92.